The molecular formula is C50H34N2. The first-order valence-corrected chi connectivity index (χ1v) is 17.9. The van der Waals surface area contributed by atoms with Crippen molar-refractivity contribution in [2.75, 3.05) is 4.90 Å². The first-order chi connectivity index (χ1) is 25.8. The van der Waals surface area contributed by atoms with Gasteiger partial charge in [0, 0.05) is 33.2 Å². The number of fused-ring (bicyclic) bond motifs is 6. The van der Waals surface area contributed by atoms with Crippen LogP contribution in [0.1, 0.15) is 0 Å². The third-order valence-electron chi connectivity index (χ3n) is 10.4. The Morgan fingerprint density at radius 1 is 0.327 bits per heavy atom. The molecule has 2 heteroatoms. The molecule has 0 amide bonds. The monoisotopic (exact) mass is 662 g/mol. The molecule has 1 aromatic heterocycles. The van der Waals surface area contributed by atoms with Gasteiger partial charge in [0.15, 0.2) is 0 Å². The van der Waals surface area contributed by atoms with E-state index < -0.39 is 0 Å². The largest absolute Gasteiger partial charge is 0.310 e. The number of nitrogens with zero attached hydrogens (tertiary/aromatic N) is 2. The molecule has 0 spiro atoms. The fraction of sp³-hybridized carbons (Fsp3) is 0. The summed E-state index contributed by atoms with van der Waals surface area (Å²) in [5, 5.41) is 7.41. The van der Waals surface area contributed by atoms with E-state index in [0.717, 1.165) is 22.7 Å². The molecule has 2 nitrogen and oxygen atoms in total. The second-order valence-corrected chi connectivity index (χ2v) is 13.4. The number of aromatic nitrogens is 1. The van der Waals surface area contributed by atoms with Crippen LogP contribution in [0.15, 0.2) is 206 Å². The molecular weight excluding hydrogens is 629 g/mol. The van der Waals surface area contributed by atoms with Crippen LogP contribution < -0.4 is 4.90 Å². The summed E-state index contributed by atoms with van der Waals surface area (Å²) in [4.78, 5) is 2.42. The van der Waals surface area contributed by atoms with Crippen LogP contribution in [0.4, 0.5) is 17.1 Å². The summed E-state index contributed by atoms with van der Waals surface area (Å²) in [7, 11) is 0. The van der Waals surface area contributed by atoms with Gasteiger partial charge in [-0.1, -0.05) is 146 Å². The Labute approximate surface area is 303 Å². The predicted molar refractivity (Wildman–Crippen MR) is 221 cm³/mol. The third kappa shape index (κ3) is 5.04. The minimum atomic E-state index is 1.11. The van der Waals surface area contributed by atoms with Crippen LogP contribution in [0.25, 0.3) is 71.3 Å². The molecule has 244 valence electrons. The Kier molecular flexibility index (Phi) is 7.18. The van der Waals surface area contributed by atoms with Gasteiger partial charge in [-0.2, -0.15) is 0 Å². The highest BCUT2D eigenvalue weighted by Gasteiger charge is 2.19. The molecule has 10 rings (SSSR count). The van der Waals surface area contributed by atoms with E-state index >= 15 is 0 Å². The van der Waals surface area contributed by atoms with Crippen LogP contribution in [-0.2, 0) is 0 Å². The van der Waals surface area contributed by atoms with Crippen LogP contribution in [-0.4, -0.2) is 4.57 Å². The number of para-hydroxylation sites is 2. The average Bonchev–Trinajstić information content (AvgIpc) is 3.55. The quantitative estimate of drug-likeness (QED) is 0.161. The summed E-state index contributed by atoms with van der Waals surface area (Å²) in [5.74, 6) is 0. The first-order valence-electron chi connectivity index (χ1n) is 17.9. The van der Waals surface area contributed by atoms with Crippen molar-refractivity contribution >= 4 is 60.4 Å². The maximum absolute atomic E-state index is 2.42. The standard InChI is InChI=1S/C50H34N2/c1-4-13-35(14-5-1)37-25-29-42(30-26-37)51(43-31-27-38(28-32-43)36-15-6-2-7-16-36)48-22-12-17-39-23-24-40-33-46-44-20-10-11-21-47(44)52(41-18-8-3-9-19-41)49(46)34-45(40)50(39)48/h1-34H. The highest BCUT2D eigenvalue weighted by Crippen LogP contribution is 2.44. The normalized spacial score (nSPS) is 11.5. The summed E-state index contributed by atoms with van der Waals surface area (Å²) in [6.45, 7) is 0. The minimum Gasteiger partial charge on any atom is -0.310 e. The maximum atomic E-state index is 2.42. The van der Waals surface area contributed by atoms with E-state index in [9.17, 15) is 0 Å². The fourth-order valence-electron chi connectivity index (χ4n) is 7.89. The maximum Gasteiger partial charge on any atom is 0.0547 e. The summed E-state index contributed by atoms with van der Waals surface area (Å²) in [6, 6.07) is 74.7. The zero-order valence-corrected chi connectivity index (χ0v) is 28.5. The summed E-state index contributed by atoms with van der Waals surface area (Å²) >= 11 is 0. The van der Waals surface area contributed by atoms with E-state index in [0.29, 0.717) is 0 Å². The van der Waals surface area contributed by atoms with Crippen molar-refractivity contribution in [1.29, 1.82) is 0 Å². The highest BCUT2D eigenvalue weighted by molar-refractivity contribution is 6.21. The Morgan fingerprint density at radius 3 is 1.50 bits per heavy atom. The van der Waals surface area contributed by atoms with Gasteiger partial charge in [-0.25, -0.2) is 0 Å². The fourth-order valence-corrected chi connectivity index (χ4v) is 7.89. The molecule has 0 saturated carbocycles. The number of hydrogen-bond donors (Lipinski definition) is 0. The van der Waals surface area contributed by atoms with Crippen LogP contribution in [0.2, 0.25) is 0 Å². The van der Waals surface area contributed by atoms with Gasteiger partial charge in [-0.05, 0) is 99.1 Å². The summed E-state index contributed by atoms with van der Waals surface area (Å²) in [6.07, 6.45) is 0. The second-order valence-electron chi connectivity index (χ2n) is 13.4. The van der Waals surface area contributed by atoms with Crippen molar-refractivity contribution in [2.45, 2.75) is 0 Å². The van der Waals surface area contributed by atoms with Crippen molar-refractivity contribution in [1.82, 2.24) is 4.57 Å². The van der Waals surface area contributed by atoms with Gasteiger partial charge in [0.05, 0.1) is 16.7 Å². The molecule has 0 radical (unpaired) electrons. The second kappa shape index (κ2) is 12.5. The molecule has 0 saturated heterocycles. The van der Waals surface area contributed by atoms with Crippen molar-refractivity contribution in [3.63, 3.8) is 0 Å². The average molecular weight is 663 g/mol. The minimum absolute atomic E-state index is 1.11. The lowest BCUT2D eigenvalue weighted by atomic mass is 9.97. The Bertz CT molecular complexity index is 2770. The van der Waals surface area contributed by atoms with Gasteiger partial charge in [0.1, 0.15) is 0 Å². The van der Waals surface area contributed by atoms with Gasteiger partial charge < -0.3 is 9.47 Å². The van der Waals surface area contributed by atoms with E-state index in [4.69, 9.17) is 0 Å². The van der Waals surface area contributed by atoms with E-state index in [1.165, 1.54) is 65.6 Å². The van der Waals surface area contributed by atoms with Crippen LogP contribution in [0.3, 0.4) is 0 Å². The molecule has 0 unspecified atom stereocenters. The lowest BCUT2D eigenvalue weighted by Gasteiger charge is -2.28. The molecule has 9 aromatic carbocycles. The Morgan fingerprint density at radius 2 is 0.865 bits per heavy atom. The molecule has 0 N–H and O–H groups in total. The predicted octanol–water partition coefficient (Wildman–Crippen LogP) is 13.9. The molecule has 1 heterocycles. The Hall–Kier alpha value is -6.90. The van der Waals surface area contributed by atoms with Crippen molar-refractivity contribution in [2.24, 2.45) is 0 Å². The lowest BCUT2D eigenvalue weighted by Crippen LogP contribution is -2.10. The number of hydrogen-bond acceptors (Lipinski definition) is 1. The number of benzene rings is 9. The topological polar surface area (TPSA) is 8.17 Å². The van der Waals surface area contributed by atoms with Gasteiger partial charge >= 0.3 is 0 Å². The number of anilines is 3. The molecule has 0 aliphatic rings. The zero-order chi connectivity index (χ0) is 34.4. The van der Waals surface area contributed by atoms with E-state index in [2.05, 4.69) is 216 Å². The van der Waals surface area contributed by atoms with Crippen molar-refractivity contribution < 1.29 is 0 Å². The smallest absolute Gasteiger partial charge is 0.0547 e. The summed E-state index contributed by atoms with van der Waals surface area (Å²) < 4.78 is 2.41. The van der Waals surface area contributed by atoms with Gasteiger partial charge in [-0.3, -0.25) is 0 Å². The zero-order valence-electron chi connectivity index (χ0n) is 28.5. The van der Waals surface area contributed by atoms with Crippen LogP contribution >= 0.6 is 0 Å². The SMILES string of the molecule is c1ccc(-c2ccc(N(c3ccc(-c4ccccc4)cc3)c3cccc4ccc5cc6c7ccccc7n(-c7ccccc7)c6cc5c34)cc2)cc1. The van der Waals surface area contributed by atoms with Crippen molar-refractivity contribution in [3.05, 3.63) is 206 Å². The molecule has 10 aromatic rings. The number of rotatable bonds is 6. The van der Waals surface area contributed by atoms with E-state index in [1.807, 2.05) is 0 Å². The molecule has 0 aliphatic heterocycles. The molecule has 0 fully saturated rings. The molecule has 52 heavy (non-hydrogen) atoms. The molecule has 0 aliphatic carbocycles. The third-order valence-corrected chi connectivity index (χ3v) is 10.4. The first kappa shape index (κ1) is 30.0. The highest BCUT2D eigenvalue weighted by atomic mass is 15.1. The molecule has 0 atom stereocenters. The van der Waals surface area contributed by atoms with Crippen LogP contribution in [0, 0.1) is 0 Å². The lowest BCUT2D eigenvalue weighted by molar-refractivity contribution is 1.18. The molecule has 0 bridgehead atoms. The summed E-state index contributed by atoms with van der Waals surface area (Å²) in [5.41, 5.74) is 11.7. The van der Waals surface area contributed by atoms with Crippen molar-refractivity contribution in [3.8, 4) is 27.9 Å². The van der Waals surface area contributed by atoms with E-state index in [1.54, 1.807) is 0 Å². The van der Waals surface area contributed by atoms with Crippen LogP contribution in [0.5, 0.6) is 0 Å². The van der Waals surface area contributed by atoms with Gasteiger partial charge in [0.2, 0.25) is 0 Å². The van der Waals surface area contributed by atoms with Gasteiger partial charge in [-0.15, -0.1) is 0 Å². The van der Waals surface area contributed by atoms with Gasteiger partial charge in [0.25, 0.3) is 0 Å². The Balaban J connectivity index is 1.23. The van der Waals surface area contributed by atoms with E-state index in [-0.39, 0.29) is 0 Å².